The van der Waals surface area contributed by atoms with Gasteiger partial charge in [0.05, 0.1) is 5.69 Å². The highest BCUT2D eigenvalue weighted by molar-refractivity contribution is 5.68. The number of aromatic hydroxyl groups is 1. The lowest BCUT2D eigenvalue weighted by Crippen LogP contribution is -2.12. The van der Waals surface area contributed by atoms with E-state index in [0.717, 1.165) is 0 Å². The van der Waals surface area contributed by atoms with Gasteiger partial charge >= 0.3 is 0 Å². The van der Waals surface area contributed by atoms with Crippen LogP contribution in [0.15, 0.2) is 47.4 Å². The van der Waals surface area contributed by atoms with Crippen molar-refractivity contribution in [3.05, 3.63) is 58.8 Å². The van der Waals surface area contributed by atoms with Crippen molar-refractivity contribution < 1.29 is 9.50 Å². The van der Waals surface area contributed by atoms with Crippen molar-refractivity contribution in [3.63, 3.8) is 0 Å². The Morgan fingerprint density at radius 3 is 2.50 bits per heavy atom. The number of rotatable bonds is 2. The number of benzene rings is 1. The summed E-state index contributed by atoms with van der Waals surface area (Å²) in [6, 6.07) is 8.72. The summed E-state index contributed by atoms with van der Waals surface area (Å²) in [4.78, 5) is 21.5. The molecule has 20 heavy (non-hydrogen) atoms. The molecule has 0 aliphatic heterocycles. The van der Waals surface area contributed by atoms with Gasteiger partial charge in [0.1, 0.15) is 11.4 Å². The van der Waals surface area contributed by atoms with Crippen LogP contribution in [0.2, 0.25) is 0 Å². The molecule has 0 radical (unpaired) electrons. The Morgan fingerprint density at radius 2 is 1.90 bits per heavy atom. The molecule has 2 heterocycles. The molecule has 0 atom stereocenters. The Hall–Kier alpha value is -2.89. The first-order valence-electron chi connectivity index (χ1n) is 5.88. The van der Waals surface area contributed by atoms with Crippen LogP contribution in [-0.4, -0.2) is 20.1 Å². The third-order valence-electron chi connectivity index (χ3n) is 2.89. The normalized spacial score (nSPS) is 10.7. The minimum atomic E-state index is -0.492. The molecule has 3 aromatic rings. The van der Waals surface area contributed by atoms with Gasteiger partial charge in [0, 0.05) is 6.20 Å². The average Bonchev–Trinajstić information content (AvgIpc) is 2.94. The fraction of sp³-hybridized carbons (Fsp3) is 0. The Kier molecular flexibility index (Phi) is 2.83. The third kappa shape index (κ3) is 2.07. The van der Waals surface area contributed by atoms with Crippen LogP contribution < -0.4 is 5.56 Å². The molecular formula is C14H10FN3O2. The van der Waals surface area contributed by atoms with E-state index >= 15 is 0 Å². The minimum Gasteiger partial charge on any atom is -0.493 e. The van der Waals surface area contributed by atoms with Crippen molar-refractivity contribution in [2.75, 3.05) is 0 Å². The van der Waals surface area contributed by atoms with Gasteiger partial charge < -0.3 is 15.1 Å². The predicted molar refractivity (Wildman–Crippen MR) is 71.7 cm³/mol. The Labute approximate surface area is 112 Å². The van der Waals surface area contributed by atoms with Gasteiger partial charge in [-0.3, -0.25) is 4.79 Å². The molecule has 0 bridgehead atoms. The molecule has 2 aromatic heterocycles. The first kappa shape index (κ1) is 12.2. The standard InChI is InChI=1S/C14H10FN3O2/c15-9-5-3-8(4-6-9)11-13(19)17-12(18-14(11)20)10-2-1-7-16-10/h1-7,16H,(H2,17,18,19,20). The van der Waals surface area contributed by atoms with E-state index in [9.17, 15) is 14.3 Å². The van der Waals surface area contributed by atoms with Crippen molar-refractivity contribution in [2.45, 2.75) is 0 Å². The van der Waals surface area contributed by atoms with E-state index in [2.05, 4.69) is 15.0 Å². The zero-order chi connectivity index (χ0) is 14.1. The van der Waals surface area contributed by atoms with Gasteiger partial charge in [-0.25, -0.2) is 4.39 Å². The molecule has 0 aliphatic rings. The fourth-order valence-corrected chi connectivity index (χ4v) is 1.94. The van der Waals surface area contributed by atoms with Gasteiger partial charge in [-0.2, -0.15) is 4.98 Å². The molecule has 0 unspecified atom stereocenters. The molecule has 0 spiro atoms. The van der Waals surface area contributed by atoms with E-state index in [-0.39, 0.29) is 11.4 Å². The highest BCUT2D eigenvalue weighted by Gasteiger charge is 2.14. The SMILES string of the molecule is O=c1[nH]c(-c2ccc[nH]2)nc(O)c1-c1ccc(F)cc1. The molecule has 0 amide bonds. The van der Waals surface area contributed by atoms with Gasteiger partial charge in [-0.05, 0) is 29.8 Å². The predicted octanol–water partition coefficient (Wildman–Crippen LogP) is 2.28. The summed E-state index contributed by atoms with van der Waals surface area (Å²) >= 11 is 0. The summed E-state index contributed by atoms with van der Waals surface area (Å²) < 4.78 is 12.9. The maximum atomic E-state index is 12.9. The number of nitrogens with zero attached hydrogens (tertiary/aromatic N) is 1. The number of nitrogens with one attached hydrogen (secondary N) is 2. The average molecular weight is 271 g/mol. The van der Waals surface area contributed by atoms with Crippen LogP contribution in [0.25, 0.3) is 22.6 Å². The van der Waals surface area contributed by atoms with Gasteiger partial charge in [0.25, 0.3) is 5.56 Å². The van der Waals surface area contributed by atoms with Crippen molar-refractivity contribution in [1.29, 1.82) is 0 Å². The molecule has 5 nitrogen and oxygen atoms in total. The smallest absolute Gasteiger partial charge is 0.262 e. The van der Waals surface area contributed by atoms with Crippen LogP contribution >= 0.6 is 0 Å². The van der Waals surface area contributed by atoms with Crippen LogP contribution in [0.3, 0.4) is 0 Å². The second kappa shape index (κ2) is 4.65. The number of H-pyrrole nitrogens is 2. The van der Waals surface area contributed by atoms with Gasteiger partial charge in [-0.1, -0.05) is 12.1 Å². The first-order valence-corrected chi connectivity index (χ1v) is 5.88. The fourth-order valence-electron chi connectivity index (χ4n) is 1.94. The number of hydrogen-bond acceptors (Lipinski definition) is 3. The maximum absolute atomic E-state index is 12.9. The lowest BCUT2D eigenvalue weighted by molar-refractivity contribution is 0.454. The summed E-state index contributed by atoms with van der Waals surface area (Å²) in [5.74, 6) is -0.575. The summed E-state index contributed by atoms with van der Waals surface area (Å²) in [7, 11) is 0. The quantitative estimate of drug-likeness (QED) is 0.668. The molecular weight excluding hydrogens is 261 g/mol. The van der Waals surface area contributed by atoms with Crippen LogP contribution in [0.5, 0.6) is 5.88 Å². The van der Waals surface area contributed by atoms with Crippen LogP contribution in [0, 0.1) is 5.82 Å². The highest BCUT2D eigenvalue weighted by atomic mass is 19.1. The van der Waals surface area contributed by atoms with Crippen LogP contribution in [-0.2, 0) is 0 Å². The Balaban J connectivity index is 2.14. The molecule has 0 saturated heterocycles. The third-order valence-corrected chi connectivity index (χ3v) is 2.89. The van der Waals surface area contributed by atoms with E-state index in [4.69, 9.17) is 0 Å². The topological polar surface area (TPSA) is 81.8 Å². The van der Waals surface area contributed by atoms with Crippen molar-refractivity contribution in [2.24, 2.45) is 0 Å². The number of aromatic nitrogens is 3. The van der Waals surface area contributed by atoms with E-state index in [1.54, 1.807) is 18.3 Å². The summed E-state index contributed by atoms with van der Waals surface area (Å²) in [6.07, 6.45) is 1.68. The molecule has 3 N–H and O–H groups in total. The minimum absolute atomic E-state index is 0.0142. The highest BCUT2D eigenvalue weighted by Crippen LogP contribution is 2.25. The Bertz CT molecular complexity index is 792. The summed E-state index contributed by atoms with van der Waals surface area (Å²) in [5, 5.41) is 9.95. The zero-order valence-corrected chi connectivity index (χ0v) is 10.2. The van der Waals surface area contributed by atoms with Crippen molar-refractivity contribution in [3.8, 4) is 28.5 Å². The van der Waals surface area contributed by atoms with Gasteiger partial charge in [0.15, 0.2) is 5.82 Å². The van der Waals surface area contributed by atoms with E-state index in [1.165, 1.54) is 24.3 Å². The molecule has 6 heteroatoms. The first-order chi connectivity index (χ1) is 9.65. The number of hydrogen-bond donors (Lipinski definition) is 3. The van der Waals surface area contributed by atoms with Crippen molar-refractivity contribution in [1.82, 2.24) is 15.0 Å². The molecule has 0 fully saturated rings. The van der Waals surface area contributed by atoms with Gasteiger partial charge in [-0.15, -0.1) is 0 Å². The molecule has 0 saturated carbocycles. The number of aromatic amines is 2. The van der Waals surface area contributed by atoms with E-state index < -0.39 is 17.3 Å². The van der Waals surface area contributed by atoms with Crippen LogP contribution in [0.4, 0.5) is 4.39 Å². The lowest BCUT2D eigenvalue weighted by Gasteiger charge is -2.05. The number of halogens is 1. The van der Waals surface area contributed by atoms with E-state index in [0.29, 0.717) is 11.3 Å². The van der Waals surface area contributed by atoms with Crippen LogP contribution in [0.1, 0.15) is 0 Å². The second-order valence-corrected chi connectivity index (χ2v) is 4.20. The lowest BCUT2D eigenvalue weighted by atomic mass is 10.1. The molecule has 0 aliphatic carbocycles. The molecule has 3 rings (SSSR count). The summed E-state index contributed by atoms with van der Waals surface area (Å²) in [5.41, 5.74) is 0.507. The Morgan fingerprint density at radius 1 is 1.15 bits per heavy atom. The molecule has 100 valence electrons. The van der Waals surface area contributed by atoms with Crippen molar-refractivity contribution >= 4 is 0 Å². The molecule has 1 aromatic carbocycles. The maximum Gasteiger partial charge on any atom is 0.262 e. The van der Waals surface area contributed by atoms with Gasteiger partial charge in [0.2, 0.25) is 5.88 Å². The monoisotopic (exact) mass is 271 g/mol. The van der Waals surface area contributed by atoms with E-state index in [1.807, 2.05) is 0 Å². The zero-order valence-electron chi connectivity index (χ0n) is 10.2. The second-order valence-electron chi connectivity index (χ2n) is 4.20. The largest absolute Gasteiger partial charge is 0.493 e. The summed E-state index contributed by atoms with van der Waals surface area (Å²) in [6.45, 7) is 0.